The first-order chi connectivity index (χ1) is 8.58. The lowest BCUT2D eigenvalue weighted by Gasteiger charge is -2.08. The zero-order chi connectivity index (χ0) is 13.1. The first-order valence-corrected chi connectivity index (χ1v) is 6.46. The summed E-state index contributed by atoms with van der Waals surface area (Å²) in [5, 5.41) is 8.36. The van der Waals surface area contributed by atoms with Crippen LogP contribution in [-0.4, -0.2) is 11.2 Å². The number of hydrogen-bond donors (Lipinski definition) is 1. The molecule has 3 nitrogen and oxygen atoms in total. The summed E-state index contributed by atoms with van der Waals surface area (Å²) in [7, 11) is 0. The Morgan fingerprint density at radius 2 is 2.11 bits per heavy atom. The minimum absolute atomic E-state index is 0.391. The van der Waals surface area contributed by atoms with Gasteiger partial charge in [0.2, 0.25) is 0 Å². The van der Waals surface area contributed by atoms with Crippen LogP contribution in [0.4, 0.5) is 0 Å². The summed E-state index contributed by atoms with van der Waals surface area (Å²) < 4.78 is 5.29. The summed E-state index contributed by atoms with van der Waals surface area (Å²) in [6, 6.07) is 5.67. The fourth-order valence-corrected chi connectivity index (χ4v) is 1.97. The molecular weight excluding hydrogens is 271 g/mol. The van der Waals surface area contributed by atoms with E-state index in [1.807, 2.05) is 0 Å². The SMILES string of the molecule is CC(C)NCc1cnoc1-c1cc(Cl)ccc1Cl. The van der Waals surface area contributed by atoms with Gasteiger partial charge in [0.05, 0.1) is 11.2 Å². The van der Waals surface area contributed by atoms with Crippen LogP contribution >= 0.6 is 23.2 Å². The van der Waals surface area contributed by atoms with Gasteiger partial charge < -0.3 is 9.84 Å². The second-order valence-electron chi connectivity index (χ2n) is 4.34. The Labute approximate surface area is 116 Å². The molecule has 0 spiro atoms. The van der Waals surface area contributed by atoms with Gasteiger partial charge in [0.15, 0.2) is 5.76 Å². The predicted octanol–water partition coefficient (Wildman–Crippen LogP) is 4.15. The fourth-order valence-electron chi connectivity index (χ4n) is 1.59. The van der Waals surface area contributed by atoms with Crippen LogP contribution in [-0.2, 0) is 6.54 Å². The zero-order valence-electron chi connectivity index (χ0n) is 10.2. The molecule has 18 heavy (non-hydrogen) atoms. The van der Waals surface area contributed by atoms with Crippen molar-refractivity contribution in [1.29, 1.82) is 0 Å². The van der Waals surface area contributed by atoms with E-state index < -0.39 is 0 Å². The first-order valence-electron chi connectivity index (χ1n) is 5.70. The molecule has 0 bridgehead atoms. The minimum Gasteiger partial charge on any atom is -0.356 e. The third-order valence-corrected chi connectivity index (χ3v) is 3.08. The minimum atomic E-state index is 0.391. The van der Waals surface area contributed by atoms with Crippen molar-refractivity contribution >= 4 is 23.2 Å². The number of hydrogen-bond acceptors (Lipinski definition) is 3. The van der Waals surface area contributed by atoms with Crippen LogP contribution in [0, 0.1) is 0 Å². The van der Waals surface area contributed by atoms with E-state index in [1.54, 1.807) is 24.4 Å². The molecule has 2 rings (SSSR count). The van der Waals surface area contributed by atoms with E-state index in [9.17, 15) is 0 Å². The summed E-state index contributed by atoms with van der Waals surface area (Å²) in [5.41, 5.74) is 1.73. The molecule has 1 aromatic heterocycles. The molecular formula is C13H14Cl2N2O. The average Bonchev–Trinajstić information content (AvgIpc) is 2.77. The molecule has 96 valence electrons. The van der Waals surface area contributed by atoms with Crippen LogP contribution < -0.4 is 5.32 Å². The second kappa shape index (κ2) is 5.74. The molecule has 2 aromatic rings. The maximum absolute atomic E-state index is 6.16. The lowest BCUT2D eigenvalue weighted by atomic mass is 10.1. The van der Waals surface area contributed by atoms with Crippen LogP contribution in [0.5, 0.6) is 0 Å². The van der Waals surface area contributed by atoms with Gasteiger partial charge in [0.25, 0.3) is 0 Å². The molecule has 0 fully saturated rings. The highest BCUT2D eigenvalue weighted by atomic mass is 35.5. The standard InChI is InChI=1S/C13H14Cl2N2O/c1-8(2)16-6-9-7-17-18-13(9)11-5-10(14)3-4-12(11)15/h3-5,7-8,16H,6H2,1-2H3. The van der Waals surface area contributed by atoms with Gasteiger partial charge in [-0.05, 0) is 18.2 Å². The molecule has 0 saturated heterocycles. The monoisotopic (exact) mass is 284 g/mol. The van der Waals surface area contributed by atoms with Crippen molar-refractivity contribution in [2.45, 2.75) is 26.4 Å². The van der Waals surface area contributed by atoms with Crippen molar-refractivity contribution in [1.82, 2.24) is 10.5 Å². The van der Waals surface area contributed by atoms with E-state index >= 15 is 0 Å². The van der Waals surface area contributed by atoms with Gasteiger partial charge in [-0.25, -0.2) is 0 Å². The van der Waals surface area contributed by atoms with Gasteiger partial charge >= 0.3 is 0 Å². The number of rotatable bonds is 4. The molecule has 0 unspecified atom stereocenters. The van der Waals surface area contributed by atoms with Crippen molar-refractivity contribution in [2.75, 3.05) is 0 Å². The van der Waals surface area contributed by atoms with E-state index in [1.165, 1.54) is 0 Å². The molecule has 0 aliphatic heterocycles. The highest BCUT2D eigenvalue weighted by Crippen LogP contribution is 2.32. The molecule has 0 atom stereocenters. The Morgan fingerprint density at radius 1 is 1.33 bits per heavy atom. The molecule has 1 heterocycles. The van der Waals surface area contributed by atoms with Crippen molar-refractivity contribution in [3.05, 3.63) is 40.0 Å². The van der Waals surface area contributed by atoms with E-state index in [0.29, 0.717) is 28.4 Å². The fraction of sp³-hybridized carbons (Fsp3) is 0.308. The van der Waals surface area contributed by atoms with Crippen molar-refractivity contribution in [2.24, 2.45) is 0 Å². The van der Waals surface area contributed by atoms with Gasteiger partial charge in [0, 0.05) is 28.7 Å². The lowest BCUT2D eigenvalue weighted by molar-refractivity contribution is 0.431. The van der Waals surface area contributed by atoms with Gasteiger partial charge in [-0.1, -0.05) is 42.2 Å². The van der Waals surface area contributed by atoms with Crippen molar-refractivity contribution in [3.63, 3.8) is 0 Å². The molecule has 5 heteroatoms. The summed E-state index contributed by atoms with van der Waals surface area (Å²) in [6.45, 7) is 4.85. The van der Waals surface area contributed by atoms with Crippen LogP contribution in [0.2, 0.25) is 10.0 Å². The summed E-state index contributed by atoms with van der Waals surface area (Å²) >= 11 is 12.1. The van der Waals surface area contributed by atoms with Gasteiger partial charge in [-0.15, -0.1) is 0 Å². The van der Waals surface area contributed by atoms with Crippen LogP contribution in [0.25, 0.3) is 11.3 Å². The molecule has 0 amide bonds. The Balaban J connectivity index is 2.33. The van der Waals surface area contributed by atoms with E-state index in [4.69, 9.17) is 27.7 Å². The topological polar surface area (TPSA) is 38.1 Å². The Morgan fingerprint density at radius 3 is 2.83 bits per heavy atom. The molecule has 0 aliphatic rings. The summed E-state index contributed by atoms with van der Waals surface area (Å²) in [5.74, 6) is 0.663. The third kappa shape index (κ3) is 3.05. The lowest BCUT2D eigenvalue weighted by Crippen LogP contribution is -2.21. The van der Waals surface area contributed by atoms with Crippen LogP contribution in [0.1, 0.15) is 19.4 Å². The largest absolute Gasteiger partial charge is 0.356 e. The zero-order valence-corrected chi connectivity index (χ0v) is 11.7. The first kappa shape index (κ1) is 13.4. The maximum Gasteiger partial charge on any atom is 0.172 e. The maximum atomic E-state index is 6.16. The third-order valence-electron chi connectivity index (χ3n) is 2.52. The summed E-state index contributed by atoms with van der Waals surface area (Å²) in [4.78, 5) is 0. The Bertz CT molecular complexity index is 538. The molecule has 0 radical (unpaired) electrons. The van der Waals surface area contributed by atoms with Gasteiger partial charge in [-0.2, -0.15) is 0 Å². The average molecular weight is 285 g/mol. The van der Waals surface area contributed by atoms with Crippen molar-refractivity contribution < 1.29 is 4.52 Å². The van der Waals surface area contributed by atoms with Crippen LogP contribution in [0.3, 0.4) is 0 Å². The highest BCUT2D eigenvalue weighted by molar-refractivity contribution is 6.35. The normalized spacial score (nSPS) is 11.2. The summed E-state index contributed by atoms with van der Waals surface area (Å²) in [6.07, 6.45) is 1.70. The molecule has 0 aliphatic carbocycles. The molecule has 1 N–H and O–H groups in total. The van der Waals surface area contributed by atoms with E-state index in [2.05, 4.69) is 24.3 Å². The number of benzene rings is 1. The van der Waals surface area contributed by atoms with Crippen LogP contribution in [0.15, 0.2) is 28.9 Å². The smallest absolute Gasteiger partial charge is 0.172 e. The highest BCUT2D eigenvalue weighted by Gasteiger charge is 2.14. The van der Waals surface area contributed by atoms with Gasteiger partial charge in [0.1, 0.15) is 0 Å². The van der Waals surface area contributed by atoms with Gasteiger partial charge in [-0.3, -0.25) is 0 Å². The Kier molecular flexibility index (Phi) is 4.27. The van der Waals surface area contributed by atoms with Crippen molar-refractivity contribution in [3.8, 4) is 11.3 Å². The Hall–Kier alpha value is -1.03. The molecule has 1 aromatic carbocycles. The quantitative estimate of drug-likeness (QED) is 0.917. The van der Waals surface area contributed by atoms with E-state index in [-0.39, 0.29) is 0 Å². The molecule has 0 saturated carbocycles. The van der Waals surface area contributed by atoms with E-state index in [0.717, 1.165) is 11.1 Å². The number of aromatic nitrogens is 1. The second-order valence-corrected chi connectivity index (χ2v) is 5.18. The number of halogens is 2. The number of nitrogens with zero attached hydrogens (tertiary/aromatic N) is 1. The predicted molar refractivity (Wildman–Crippen MR) is 73.9 cm³/mol. The number of nitrogens with one attached hydrogen (secondary N) is 1.